The van der Waals surface area contributed by atoms with Crippen LogP contribution in [0.25, 0.3) is 5.69 Å². The molecule has 2 aromatic heterocycles. The van der Waals surface area contributed by atoms with Crippen molar-refractivity contribution in [2.45, 2.75) is 13.5 Å². The molecule has 152 valence electrons. The van der Waals surface area contributed by atoms with Gasteiger partial charge < -0.3 is 15.5 Å². The second-order valence-electron chi connectivity index (χ2n) is 6.99. The minimum Gasteiger partial charge on any atom is -0.356 e. The van der Waals surface area contributed by atoms with Gasteiger partial charge in [0, 0.05) is 38.4 Å². The van der Waals surface area contributed by atoms with Crippen LogP contribution in [0.2, 0.25) is 0 Å². The number of hydrazine groups is 1. The van der Waals surface area contributed by atoms with E-state index in [1.54, 1.807) is 0 Å². The van der Waals surface area contributed by atoms with Crippen molar-refractivity contribution >= 4 is 23.1 Å². The van der Waals surface area contributed by atoms with Crippen LogP contribution in [0.4, 0.5) is 23.1 Å². The van der Waals surface area contributed by atoms with Crippen LogP contribution in [0.5, 0.6) is 0 Å². The van der Waals surface area contributed by atoms with Gasteiger partial charge in [0.25, 0.3) is 0 Å². The maximum atomic E-state index is 4.65. The average Bonchev–Trinajstić information content (AvgIpc) is 3.14. The summed E-state index contributed by atoms with van der Waals surface area (Å²) in [5.41, 5.74) is 7.59. The molecule has 1 aliphatic rings. The molecule has 3 N–H and O–H groups in total. The standard InChI is InChI=1S/C20H27N9/c1-4-22-20-23-13-18-19(25-20)27(3)8-9-28(26-18)16-6-5-7-17(10-16)29-14-15(11-21-2)12-24-29/h5-7,10,12-14,21,26H,4,8-9,11H2,1-3H3,(H,22,23,25). The van der Waals surface area contributed by atoms with E-state index in [9.17, 15) is 0 Å². The molecule has 1 aromatic carbocycles. The molecule has 0 fully saturated rings. The van der Waals surface area contributed by atoms with E-state index in [2.05, 4.69) is 66.3 Å². The van der Waals surface area contributed by atoms with E-state index >= 15 is 0 Å². The van der Waals surface area contributed by atoms with Gasteiger partial charge in [0.2, 0.25) is 5.95 Å². The lowest BCUT2D eigenvalue weighted by molar-refractivity contribution is 0.816. The van der Waals surface area contributed by atoms with Crippen LogP contribution in [0.3, 0.4) is 0 Å². The van der Waals surface area contributed by atoms with Crippen molar-refractivity contribution < 1.29 is 0 Å². The summed E-state index contributed by atoms with van der Waals surface area (Å²) in [6.45, 7) is 5.26. The average molecular weight is 393 g/mol. The number of likely N-dealkylation sites (N-methyl/N-ethyl adjacent to an activating group) is 1. The Morgan fingerprint density at radius 2 is 2.03 bits per heavy atom. The van der Waals surface area contributed by atoms with Crippen molar-refractivity contribution in [3.8, 4) is 5.69 Å². The predicted molar refractivity (Wildman–Crippen MR) is 117 cm³/mol. The number of fused-ring (bicyclic) bond motifs is 1. The maximum absolute atomic E-state index is 4.65. The molecule has 0 saturated carbocycles. The fraction of sp³-hybridized carbons (Fsp3) is 0.350. The Morgan fingerprint density at radius 3 is 2.86 bits per heavy atom. The fourth-order valence-electron chi connectivity index (χ4n) is 3.34. The number of aromatic nitrogens is 4. The van der Waals surface area contributed by atoms with Crippen molar-refractivity contribution in [1.82, 2.24) is 25.1 Å². The molecule has 0 spiro atoms. The lowest BCUT2D eigenvalue weighted by atomic mass is 10.2. The smallest absolute Gasteiger partial charge is 0.224 e. The second kappa shape index (κ2) is 8.36. The van der Waals surface area contributed by atoms with E-state index in [1.807, 2.05) is 43.3 Å². The van der Waals surface area contributed by atoms with Crippen molar-refractivity contribution in [3.63, 3.8) is 0 Å². The highest BCUT2D eigenvalue weighted by Crippen LogP contribution is 2.28. The van der Waals surface area contributed by atoms with Gasteiger partial charge in [-0.05, 0) is 32.2 Å². The summed E-state index contributed by atoms with van der Waals surface area (Å²) in [6, 6.07) is 8.32. The summed E-state index contributed by atoms with van der Waals surface area (Å²) in [5, 5.41) is 12.9. The monoisotopic (exact) mass is 393 g/mol. The molecule has 3 aromatic rings. The fourth-order valence-corrected chi connectivity index (χ4v) is 3.34. The Labute approximate surface area is 170 Å². The zero-order valence-electron chi connectivity index (χ0n) is 17.1. The topological polar surface area (TPSA) is 86.2 Å². The molecule has 0 radical (unpaired) electrons. The number of hydrogen-bond acceptors (Lipinski definition) is 8. The van der Waals surface area contributed by atoms with Gasteiger partial charge in [-0.2, -0.15) is 10.1 Å². The van der Waals surface area contributed by atoms with Crippen molar-refractivity contribution in [1.29, 1.82) is 0 Å². The van der Waals surface area contributed by atoms with E-state index in [0.717, 1.165) is 54.6 Å². The number of rotatable bonds is 6. The van der Waals surface area contributed by atoms with Gasteiger partial charge in [-0.1, -0.05) is 6.07 Å². The van der Waals surface area contributed by atoms with Gasteiger partial charge in [0.05, 0.1) is 30.3 Å². The molecule has 1 aliphatic heterocycles. The Balaban J connectivity index is 1.60. The molecular weight excluding hydrogens is 366 g/mol. The number of hydrogen-bond donors (Lipinski definition) is 3. The summed E-state index contributed by atoms with van der Waals surface area (Å²) in [4.78, 5) is 11.2. The number of nitrogens with zero attached hydrogens (tertiary/aromatic N) is 6. The highest BCUT2D eigenvalue weighted by Gasteiger charge is 2.20. The summed E-state index contributed by atoms with van der Waals surface area (Å²) in [7, 11) is 3.99. The summed E-state index contributed by atoms with van der Waals surface area (Å²) in [5.74, 6) is 1.53. The SMILES string of the molecule is CCNc1ncc2c(n1)N(C)CCN(c1cccc(-n3cc(CNC)cn3)c1)N2. The van der Waals surface area contributed by atoms with Crippen molar-refractivity contribution in [2.75, 3.05) is 54.4 Å². The first-order chi connectivity index (χ1) is 14.2. The van der Waals surface area contributed by atoms with Gasteiger partial charge in [-0.25, -0.2) is 9.67 Å². The van der Waals surface area contributed by atoms with Crippen LogP contribution in [-0.4, -0.2) is 53.5 Å². The lowest BCUT2D eigenvalue weighted by Crippen LogP contribution is -2.33. The van der Waals surface area contributed by atoms with Crippen LogP contribution in [0, 0.1) is 0 Å². The third-order valence-corrected chi connectivity index (χ3v) is 4.80. The molecular formula is C20H27N9. The van der Waals surface area contributed by atoms with E-state index in [0.29, 0.717) is 5.95 Å². The largest absolute Gasteiger partial charge is 0.356 e. The number of anilines is 4. The quantitative estimate of drug-likeness (QED) is 0.587. The number of benzene rings is 1. The molecule has 0 unspecified atom stereocenters. The zero-order chi connectivity index (χ0) is 20.2. The highest BCUT2D eigenvalue weighted by molar-refractivity contribution is 5.70. The summed E-state index contributed by atoms with van der Waals surface area (Å²) < 4.78 is 1.90. The van der Waals surface area contributed by atoms with Crippen LogP contribution in [0.1, 0.15) is 12.5 Å². The van der Waals surface area contributed by atoms with E-state index in [4.69, 9.17) is 0 Å². The molecule has 0 amide bonds. The van der Waals surface area contributed by atoms with Crippen LogP contribution in [0.15, 0.2) is 42.9 Å². The summed E-state index contributed by atoms with van der Waals surface area (Å²) >= 11 is 0. The normalized spacial score (nSPS) is 13.6. The first-order valence-corrected chi connectivity index (χ1v) is 9.82. The van der Waals surface area contributed by atoms with Gasteiger partial charge >= 0.3 is 0 Å². The molecule has 3 heterocycles. The Hall–Kier alpha value is -3.33. The molecule has 0 bridgehead atoms. The van der Waals surface area contributed by atoms with Gasteiger partial charge in [0.1, 0.15) is 5.69 Å². The van der Waals surface area contributed by atoms with Crippen molar-refractivity contribution in [3.05, 3.63) is 48.4 Å². The molecule has 0 atom stereocenters. The highest BCUT2D eigenvalue weighted by atomic mass is 15.5. The third-order valence-electron chi connectivity index (χ3n) is 4.80. The number of nitrogens with one attached hydrogen (secondary N) is 3. The second-order valence-corrected chi connectivity index (χ2v) is 6.99. The van der Waals surface area contributed by atoms with Crippen molar-refractivity contribution in [2.24, 2.45) is 0 Å². The minimum atomic E-state index is 0.645. The third kappa shape index (κ3) is 4.09. The van der Waals surface area contributed by atoms with Crippen LogP contribution in [-0.2, 0) is 6.54 Å². The Bertz CT molecular complexity index is 968. The van der Waals surface area contributed by atoms with Crippen LogP contribution >= 0.6 is 0 Å². The minimum absolute atomic E-state index is 0.645. The first kappa shape index (κ1) is 19.0. The Kier molecular flexibility index (Phi) is 5.48. The maximum Gasteiger partial charge on any atom is 0.224 e. The molecule has 0 saturated heterocycles. The summed E-state index contributed by atoms with van der Waals surface area (Å²) in [6.07, 6.45) is 5.76. The molecule has 9 nitrogen and oxygen atoms in total. The lowest BCUT2D eigenvalue weighted by Gasteiger charge is -2.24. The predicted octanol–water partition coefficient (Wildman–Crippen LogP) is 2.10. The van der Waals surface area contributed by atoms with Gasteiger partial charge in [-0.15, -0.1) is 0 Å². The van der Waals surface area contributed by atoms with E-state index < -0.39 is 0 Å². The van der Waals surface area contributed by atoms with Gasteiger partial charge in [-0.3, -0.25) is 10.4 Å². The molecule has 0 aliphatic carbocycles. The molecule has 9 heteroatoms. The van der Waals surface area contributed by atoms with Crippen LogP contribution < -0.4 is 26.0 Å². The van der Waals surface area contributed by atoms with E-state index in [1.165, 1.54) is 0 Å². The first-order valence-electron chi connectivity index (χ1n) is 9.82. The molecule has 29 heavy (non-hydrogen) atoms. The zero-order valence-corrected chi connectivity index (χ0v) is 17.1. The Morgan fingerprint density at radius 1 is 1.17 bits per heavy atom. The van der Waals surface area contributed by atoms with E-state index in [-0.39, 0.29) is 0 Å². The van der Waals surface area contributed by atoms with Gasteiger partial charge in [0.15, 0.2) is 5.82 Å². The molecule has 4 rings (SSSR count).